The van der Waals surface area contributed by atoms with Crippen molar-refractivity contribution < 1.29 is 33.1 Å². The summed E-state index contributed by atoms with van der Waals surface area (Å²) in [6.45, 7) is 2.20. The van der Waals surface area contributed by atoms with E-state index in [4.69, 9.17) is 19.9 Å². The van der Waals surface area contributed by atoms with Crippen molar-refractivity contribution in [3.63, 3.8) is 0 Å². The third-order valence-corrected chi connectivity index (χ3v) is 4.93. The second-order valence-electron chi connectivity index (χ2n) is 7.12. The predicted octanol–water partition coefficient (Wildman–Crippen LogP) is 3.73. The number of alkyl halides is 3. The summed E-state index contributed by atoms with van der Waals surface area (Å²) in [6.07, 6.45) is -4.40. The summed E-state index contributed by atoms with van der Waals surface area (Å²) in [7, 11) is 0. The van der Waals surface area contributed by atoms with E-state index in [-0.39, 0.29) is 24.3 Å². The van der Waals surface area contributed by atoms with Gasteiger partial charge in [-0.3, -0.25) is 10.4 Å². The van der Waals surface area contributed by atoms with E-state index in [0.717, 1.165) is 17.7 Å². The first kappa shape index (κ1) is 21.1. The highest BCUT2D eigenvalue weighted by atomic mass is 19.4. The van der Waals surface area contributed by atoms with Crippen LogP contribution in [0.25, 0.3) is 5.69 Å². The van der Waals surface area contributed by atoms with Crippen LogP contribution in [0.2, 0.25) is 0 Å². The normalized spacial score (nSPS) is 15.8. The Kier molecular flexibility index (Phi) is 5.56. The number of fused-ring (bicyclic) bond motifs is 1. The summed E-state index contributed by atoms with van der Waals surface area (Å²) >= 11 is 0. The Morgan fingerprint density at radius 1 is 1.16 bits per heavy atom. The maximum atomic E-state index is 12.7. The van der Waals surface area contributed by atoms with Gasteiger partial charge in [-0.2, -0.15) is 23.1 Å². The molecule has 0 aliphatic carbocycles. The molecule has 2 aromatic carbocycles. The van der Waals surface area contributed by atoms with E-state index >= 15 is 0 Å². The van der Waals surface area contributed by atoms with Crippen molar-refractivity contribution in [2.75, 3.05) is 13.2 Å². The van der Waals surface area contributed by atoms with Crippen LogP contribution in [0.1, 0.15) is 28.4 Å². The van der Waals surface area contributed by atoms with Gasteiger partial charge in [0.2, 0.25) is 0 Å². The van der Waals surface area contributed by atoms with Gasteiger partial charge in [0, 0.05) is 17.5 Å². The lowest BCUT2D eigenvalue weighted by Gasteiger charge is -2.12. The Balaban J connectivity index is 1.44. The quantitative estimate of drug-likeness (QED) is 0.569. The van der Waals surface area contributed by atoms with Crippen LogP contribution >= 0.6 is 0 Å². The van der Waals surface area contributed by atoms with Gasteiger partial charge in [-0.15, -0.1) is 5.10 Å². The van der Waals surface area contributed by atoms with E-state index in [0.29, 0.717) is 35.2 Å². The molecule has 0 saturated heterocycles. The third-order valence-electron chi connectivity index (χ3n) is 4.93. The highest BCUT2D eigenvalue weighted by Crippen LogP contribution is 2.37. The van der Waals surface area contributed by atoms with Gasteiger partial charge in [-0.05, 0) is 37.3 Å². The van der Waals surface area contributed by atoms with Crippen LogP contribution in [0.4, 0.5) is 13.2 Å². The zero-order valence-corrected chi connectivity index (χ0v) is 16.4. The average Bonchev–Trinajstić information content (AvgIpc) is 3.28. The molecule has 1 atom stereocenters. The summed E-state index contributed by atoms with van der Waals surface area (Å²) in [5.41, 5.74) is 1.64. The standard InChI is InChI=1S/C20H19F3N4O4/c1-12-18(25-27(24-12)15-4-2-14(3-5-15)20(21,22)23)11-30-16-6-7-17-13(9-26(28)29)10-31-19(17)8-16/h2-8,13,28-29H,9-11H2,1H3. The lowest BCUT2D eigenvalue weighted by atomic mass is 10.0. The third kappa shape index (κ3) is 4.63. The van der Waals surface area contributed by atoms with Crippen molar-refractivity contribution in [2.24, 2.45) is 0 Å². The number of aromatic nitrogens is 3. The molecule has 2 heterocycles. The number of halogens is 3. The molecule has 0 fully saturated rings. The fraction of sp³-hybridized carbons (Fsp3) is 0.300. The van der Waals surface area contributed by atoms with Gasteiger partial charge in [0.15, 0.2) is 0 Å². The molecule has 1 aliphatic rings. The van der Waals surface area contributed by atoms with Crippen molar-refractivity contribution in [3.8, 4) is 17.2 Å². The summed E-state index contributed by atoms with van der Waals surface area (Å²) in [6, 6.07) is 9.84. The molecule has 3 aromatic rings. The van der Waals surface area contributed by atoms with E-state index in [1.54, 1.807) is 25.1 Å². The predicted molar refractivity (Wildman–Crippen MR) is 100 cm³/mol. The zero-order chi connectivity index (χ0) is 22.2. The number of hydrogen-bond donors (Lipinski definition) is 2. The second-order valence-corrected chi connectivity index (χ2v) is 7.12. The van der Waals surface area contributed by atoms with Crippen LogP contribution in [-0.4, -0.2) is 43.8 Å². The molecule has 8 nitrogen and oxygen atoms in total. The number of aryl methyl sites for hydroxylation is 1. The van der Waals surface area contributed by atoms with Gasteiger partial charge >= 0.3 is 6.18 Å². The Bertz CT molecular complexity index is 1070. The highest BCUT2D eigenvalue weighted by molar-refractivity contribution is 5.45. The van der Waals surface area contributed by atoms with Gasteiger partial charge in [-0.25, -0.2) is 0 Å². The molecule has 11 heteroatoms. The zero-order valence-electron chi connectivity index (χ0n) is 16.4. The Labute approximate surface area is 175 Å². The molecule has 164 valence electrons. The molecular formula is C20H19F3N4O4. The van der Waals surface area contributed by atoms with E-state index in [1.165, 1.54) is 16.9 Å². The van der Waals surface area contributed by atoms with E-state index < -0.39 is 11.7 Å². The van der Waals surface area contributed by atoms with Gasteiger partial charge in [-0.1, -0.05) is 11.3 Å². The summed E-state index contributed by atoms with van der Waals surface area (Å²) < 4.78 is 49.5. The van der Waals surface area contributed by atoms with Crippen molar-refractivity contribution in [1.82, 2.24) is 20.2 Å². The number of benzene rings is 2. The van der Waals surface area contributed by atoms with Gasteiger partial charge in [0.05, 0.1) is 30.1 Å². The average molecular weight is 436 g/mol. The van der Waals surface area contributed by atoms with Crippen LogP contribution in [0.5, 0.6) is 11.5 Å². The molecule has 31 heavy (non-hydrogen) atoms. The van der Waals surface area contributed by atoms with Crippen LogP contribution in [-0.2, 0) is 12.8 Å². The van der Waals surface area contributed by atoms with Gasteiger partial charge in [0.25, 0.3) is 0 Å². The maximum absolute atomic E-state index is 12.7. The lowest BCUT2D eigenvalue weighted by molar-refractivity contribution is -0.308. The minimum absolute atomic E-state index is 0.0272. The molecule has 1 unspecified atom stereocenters. The fourth-order valence-electron chi connectivity index (χ4n) is 3.29. The maximum Gasteiger partial charge on any atom is 0.416 e. The minimum Gasteiger partial charge on any atom is -0.492 e. The molecule has 4 rings (SSSR count). The Morgan fingerprint density at radius 2 is 1.90 bits per heavy atom. The Morgan fingerprint density at radius 3 is 2.58 bits per heavy atom. The Hall–Kier alpha value is -3.15. The number of hydrogen-bond acceptors (Lipinski definition) is 7. The number of ether oxygens (including phenoxy) is 2. The van der Waals surface area contributed by atoms with Crippen molar-refractivity contribution in [1.29, 1.82) is 0 Å². The molecule has 1 aliphatic heterocycles. The second kappa shape index (κ2) is 8.17. The van der Waals surface area contributed by atoms with E-state index in [2.05, 4.69) is 10.2 Å². The molecule has 1 aromatic heterocycles. The first-order chi connectivity index (χ1) is 14.7. The summed E-state index contributed by atoms with van der Waals surface area (Å²) in [5.74, 6) is 0.979. The summed E-state index contributed by atoms with van der Waals surface area (Å²) in [5, 5.41) is 26.7. The van der Waals surface area contributed by atoms with Gasteiger partial charge < -0.3 is 9.47 Å². The van der Waals surface area contributed by atoms with Crippen LogP contribution in [0.15, 0.2) is 42.5 Å². The molecule has 0 spiro atoms. The molecule has 0 radical (unpaired) electrons. The number of nitrogens with zero attached hydrogens (tertiary/aromatic N) is 4. The minimum atomic E-state index is -4.40. The largest absolute Gasteiger partial charge is 0.492 e. The molecule has 0 saturated carbocycles. The van der Waals surface area contributed by atoms with Crippen molar-refractivity contribution in [3.05, 3.63) is 65.0 Å². The van der Waals surface area contributed by atoms with E-state index in [9.17, 15) is 13.2 Å². The smallest absolute Gasteiger partial charge is 0.416 e. The molecule has 0 bridgehead atoms. The van der Waals surface area contributed by atoms with Crippen molar-refractivity contribution in [2.45, 2.75) is 25.6 Å². The first-order valence-electron chi connectivity index (χ1n) is 9.36. The number of hydroxylamine groups is 2. The lowest BCUT2D eigenvalue weighted by Crippen LogP contribution is -2.22. The fourth-order valence-corrected chi connectivity index (χ4v) is 3.29. The first-order valence-corrected chi connectivity index (χ1v) is 9.36. The van der Waals surface area contributed by atoms with E-state index in [1.807, 2.05) is 0 Å². The van der Waals surface area contributed by atoms with Crippen LogP contribution in [0.3, 0.4) is 0 Å². The molecule has 2 N–H and O–H groups in total. The SMILES string of the molecule is Cc1nn(-c2ccc(C(F)(F)F)cc2)nc1COc1ccc2c(c1)OCC2CN(O)O. The molecular weight excluding hydrogens is 417 g/mol. The highest BCUT2D eigenvalue weighted by Gasteiger charge is 2.30. The number of rotatable bonds is 6. The van der Waals surface area contributed by atoms with Gasteiger partial charge in [0.1, 0.15) is 23.8 Å². The van der Waals surface area contributed by atoms with Crippen LogP contribution in [0, 0.1) is 6.92 Å². The summed E-state index contributed by atoms with van der Waals surface area (Å²) in [4.78, 5) is 1.26. The topological polar surface area (TPSA) is 92.9 Å². The van der Waals surface area contributed by atoms with Crippen molar-refractivity contribution >= 4 is 0 Å². The van der Waals surface area contributed by atoms with Crippen LogP contribution < -0.4 is 9.47 Å². The molecule has 0 amide bonds. The monoisotopic (exact) mass is 436 g/mol.